The van der Waals surface area contributed by atoms with E-state index in [9.17, 15) is 9.59 Å². The van der Waals surface area contributed by atoms with Crippen molar-refractivity contribution >= 4 is 35.1 Å². The van der Waals surface area contributed by atoms with E-state index in [-0.39, 0.29) is 15.6 Å². The van der Waals surface area contributed by atoms with E-state index in [4.69, 9.17) is 28.3 Å². The van der Waals surface area contributed by atoms with Crippen molar-refractivity contribution in [1.82, 2.24) is 4.90 Å². The summed E-state index contributed by atoms with van der Waals surface area (Å²) in [5.41, 5.74) is 0.128. The third kappa shape index (κ3) is 2.94. The van der Waals surface area contributed by atoms with Crippen molar-refractivity contribution in [1.29, 1.82) is 0 Å². The van der Waals surface area contributed by atoms with E-state index < -0.39 is 17.9 Å². The first-order valence-electron chi connectivity index (χ1n) is 5.34. The monoisotopic (exact) mass is 289 g/mol. The van der Waals surface area contributed by atoms with E-state index in [1.165, 1.54) is 19.2 Å². The molecule has 0 aliphatic carbocycles. The number of nitrogens with zero attached hydrogens (tertiary/aromatic N) is 1. The van der Waals surface area contributed by atoms with Crippen molar-refractivity contribution in [2.75, 3.05) is 7.05 Å². The van der Waals surface area contributed by atoms with Crippen LogP contribution >= 0.6 is 23.2 Å². The molecule has 0 spiro atoms. The fourth-order valence-corrected chi connectivity index (χ4v) is 2.19. The van der Waals surface area contributed by atoms with E-state index in [0.717, 1.165) is 4.90 Å². The zero-order valence-electron chi connectivity index (χ0n) is 9.98. The van der Waals surface area contributed by atoms with Gasteiger partial charge in [-0.05, 0) is 18.6 Å². The van der Waals surface area contributed by atoms with Crippen LogP contribution in [-0.2, 0) is 4.79 Å². The Morgan fingerprint density at radius 3 is 2.22 bits per heavy atom. The molecule has 0 aromatic heterocycles. The maximum atomic E-state index is 12.2. The summed E-state index contributed by atoms with van der Waals surface area (Å²) in [6, 6.07) is 3.80. The summed E-state index contributed by atoms with van der Waals surface area (Å²) in [5, 5.41) is 9.43. The number of halogens is 2. The van der Waals surface area contributed by atoms with Gasteiger partial charge in [-0.1, -0.05) is 36.2 Å². The summed E-state index contributed by atoms with van der Waals surface area (Å²) in [5.74, 6) is -1.56. The molecule has 0 saturated heterocycles. The van der Waals surface area contributed by atoms with Gasteiger partial charge < -0.3 is 10.0 Å². The highest BCUT2D eigenvalue weighted by Gasteiger charge is 2.27. The lowest BCUT2D eigenvalue weighted by Crippen LogP contribution is -2.42. The molecule has 98 valence electrons. The number of rotatable bonds is 4. The van der Waals surface area contributed by atoms with E-state index in [0.29, 0.717) is 6.42 Å². The van der Waals surface area contributed by atoms with Crippen LogP contribution in [0.1, 0.15) is 23.7 Å². The third-order valence-corrected chi connectivity index (χ3v) is 3.27. The lowest BCUT2D eigenvalue weighted by atomic mass is 10.1. The van der Waals surface area contributed by atoms with Gasteiger partial charge in [0.15, 0.2) is 0 Å². The van der Waals surface area contributed by atoms with E-state index >= 15 is 0 Å². The highest BCUT2D eigenvalue weighted by molar-refractivity contribution is 6.39. The summed E-state index contributed by atoms with van der Waals surface area (Å²) in [6.07, 6.45) is 0.305. The highest BCUT2D eigenvalue weighted by Crippen LogP contribution is 2.26. The van der Waals surface area contributed by atoms with Crippen LogP contribution in [0, 0.1) is 0 Å². The molecule has 1 N–H and O–H groups in total. The largest absolute Gasteiger partial charge is 0.480 e. The molecule has 0 aliphatic heterocycles. The normalized spacial score (nSPS) is 12.0. The van der Waals surface area contributed by atoms with Gasteiger partial charge in [0.1, 0.15) is 6.04 Å². The Morgan fingerprint density at radius 2 is 1.83 bits per heavy atom. The summed E-state index contributed by atoms with van der Waals surface area (Å²) >= 11 is 11.8. The molecule has 1 unspecified atom stereocenters. The van der Waals surface area contributed by atoms with Crippen LogP contribution in [0.4, 0.5) is 0 Å². The molecule has 1 aromatic rings. The van der Waals surface area contributed by atoms with Crippen LogP contribution in [0.3, 0.4) is 0 Å². The minimum atomic E-state index is -1.06. The van der Waals surface area contributed by atoms with Crippen LogP contribution in [0.2, 0.25) is 10.0 Å². The first-order valence-corrected chi connectivity index (χ1v) is 6.09. The average molecular weight is 290 g/mol. The molecule has 4 nitrogen and oxygen atoms in total. The molecule has 1 rings (SSSR count). The molecular weight excluding hydrogens is 277 g/mol. The Hall–Kier alpha value is -1.26. The molecular formula is C12H13Cl2NO3. The number of aliphatic carboxylic acids is 1. The summed E-state index contributed by atoms with van der Waals surface area (Å²) in [6.45, 7) is 1.69. The van der Waals surface area contributed by atoms with Crippen molar-refractivity contribution in [2.24, 2.45) is 0 Å². The molecule has 0 aliphatic rings. The second-order valence-electron chi connectivity index (χ2n) is 3.78. The number of hydrogen-bond donors (Lipinski definition) is 1. The molecule has 0 radical (unpaired) electrons. The molecule has 1 amide bonds. The minimum Gasteiger partial charge on any atom is -0.480 e. The third-order valence-electron chi connectivity index (χ3n) is 2.64. The SMILES string of the molecule is CCC(C(=O)O)N(C)C(=O)c1c(Cl)cccc1Cl. The van der Waals surface area contributed by atoms with Gasteiger partial charge in [0.25, 0.3) is 5.91 Å². The maximum absolute atomic E-state index is 12.2. The predicted octanol–water partition coefficient (Wildman–Crippen LogP) is 2.93. The molecule has 0 fully saturated rings. The molecule has 0 saturated carbocycles. The lowest BCUT2D eigenvalue weighted by Gasteiger charge is -2.24. The summed E-state index contributed by atoms with van der Waals surface area (Å²) in [7, 11) is 1.42. The molecule has 1 atom stereocenters. The van der Waals surface area contributed by atoms with E-state index in [1.54, 1.807) is 13.0 Å². The van der Waals surface area contributed by atoms with Gasteiger partial charge in [-0.3, -0.25) is 4.79 Å². The Balaban J connectivity index is 3.11. The van der Waals surface area contributed by atoms with Crippen LogP contribution in [0.25, 0.3) is 0 Å². The van der Waals surface area contributed by atoms with Crippen molar-refractivity contribution in [3.8, 4) is 0 Å². The number of carbonyl (C=O) groups is 2. The Morgan fingerprint density at radius 1 is 1.33 bits per heavy atom. The molecule has 1 aromatic carbocycles. The quantitative estimate of drug-likeness (QED) is 0.927. The maximum Gasteiger partial charge on any atom is 0.326 e. The Kier molecular flexibility index (Phi) is 4.99. The minimum absolute atomic E-state index is 0.128. The lowest BCUT2D eigenvalue weighted by molar-refractivity contribution is -0.142. The summed E-state index contributed by atoms with van der Waals surface area (Å²) < 4.78 is 0. The topological polar surface area (TPSA) is 57.6 Å². The van der Waals surface area contributed by atoms with Gasteiger partial charge >= 0.3 is 5.97 Å². The van der Waals surface area contributed by atoms with Gasteiger partial charge in [0.05, 0.1) is 15.6 Å². The molecule has 18 heavy (non-hydrogen) atoms. The fraction of sp³-hybridized carbons (Fsp3) is 0.333. The number of carbonyl (C=O) groups excluding carboxylic acids is 1. The first kappa shape index (κ1) is 14.8. The van der Waals surface area contributed by atoms with Gasteiger partial charge in [0, 0.05) is 7.05 Å². The number of carboxylic acids is 1. The van der Waals surface area contributed by atoms with E-state index in [2.05, 4.69) is 0 Å². The highest BCUT2D eigenvalue weighted by atomic mass is 35.5. The average Bonchev–Trinajstić information content (AvgIpc) is 2.28. The van der Waals surface area contributed by atoms with Gasteiger partial charge in [-0.2, -0.15) is 0 Å². The predicted molar refractivity (Wildman–Crippen MR) is 70.3 cm³/mol. The number of carboxylic acid groups (broad SMARTS) is 1. The van der Waals surface area contributed by atoms with Crippen molar-refractivity contribution < 1.29 is 14.7 Å². The number of amides is 1. The van der Waals surface area contributed by atoms with Crippen LogP contribution in [-0.4, -0.2) is 35.0 Å². The van der Waals surface area contributed by atoms with Crippen molar-refractivity contribution in [3.05, 3.63) is 33.8 Å². The van der Waals surface area contributed by atoms with Crippen molar-refractivity contribution in [2.45, 2.75) is 19.4 Å². The Labute approximate surface area is 115 Å². The number of benzene rings is 1. The zero-order chi connectivity index (χ0) is 13.9. The molecule has 0 heterocycles. The van der Waals surface area contributed by atoms with Crippen molar-refractivity contribution in [3.63, 3.8) is 0 Å². The van der Waals surface area contributed by atoms with Gasteiger partial charge in [0.2, 0.25) is 0 Å². The molecule has 0 bridgehead atoms. The smallest absolute Gasteiger partial charge is 0.326 e. The number of likely N-dealkylation sites (N-methyl/N-ethyl adjacent to an activating group) is 1. The fourth-order valence-electron chi connectivity index (χ4n) is 1.63. The number of hydrogen-bond acceptors (Lipinski definition) is 2. The Bertz CT molecular complexity index is 456. The second kappa shape index (κ2) is 6.07. The zero-order valence-corrected chi connectivity index (χ0v) is 11.5. The van der Waals surface area contributed by atoms with E-state index in [1.807, 2.05) is 0 Å². The van der Waals surface area contributed by atoms with Crippen LogP contribution in [0.5, 0.6) is 0 Å². The first-order chi connectivity index (χ1) is 8.40. The molecule has 6 heteroatoms. The summed E-state index contributed by atoms with van der Waals surface area (Å²) in [4.78, 5) is 24.3. The standard InChI is InChI=1S/C12H13Cl2NO3/c1-3-9(12(17)18)15(2)11(16)10-7(13)5-4-6-8(10)14/h4-6,9H,3H2,1-2H3,(H,17,18). The van der Waals surface area contributed by atoms with Crippen LogP contribution in [0.15, 0.2) is 18.2 Å². The second-order valence-corrected chi connectivity index (χ2v) is 4.59. The van der Waals surface area contributed by atoms with Gasteiger partial charge in [-0.25, -0.2) is 4.79 Å². The van der Waals surface area contributed by atoms with Crippen LogP contribution < -0.4 is 0 Å². The van der Waals surface area contributed by atoms with Gasteiger partial charge in [-0.15, -0.1) is 0 Å².